The van der Waals surface area contributed by atoms with Gasteiger partial charge < -0.3 is 14.1 Å². The summed E-state index contributed by atoms with van der Waals surface area (Å²) >= 11 is 0. The third kappa shape index (κ3) is 3.06. The molecule has 3 rings (SSSR count). The molecule has 20 heavy (non-hydrogen) atoms. The quantitative estimate of drug-likeness (QED) is 0.829. The molecule has 0 radical (unpaired) electrons. The largest absolute Gasteiger partial charge is 0.402 e. The summed E-state index contributed by atoms with van der Waals surface area (Å²) in [6, 6.07) is 0.198. The van der Waals surface area contributed by atoms with E-state index in [0.29, 0.717) is 5.92 Å². The second kappa shape index (κ2) is 6.01. The van der Waals surface area contributed by atoms with Gasteiger partial charge in [-0.25, -0.2) is 0 Å². The molecule has 1 aromatic rings. The predicted molar refractivity (Wildman–Crippen MR) is 66.8 cm³/mol. The zero-order chi connectivity index (χ0) is 13.9. The van der Waals surface area contributed by atoms with Gasteiger partial charge in [0.2, 0.25) is 0 Å². The maximum atomic E-state index is 12.4. The third-order valence-corrected chi connectivity index (χ3v) is 3.80. The van der Waals surface area contributed by atoms with E-state index in [1.165, 1.54) is 0 Å². The molecule has 1 unspecified atom stereocenters. The Morgan fingerprint density at radius 3 is 2.60 bits per heavy atom. The van der Waals surface area contributed by atoms with Crippen molar-refractivity contribution < 1.29 is 17.9 Å². The Labute approximate surface area is 115 Å². The summed E-state index contributed by atoms with van der Waals surface area (Å²) in [5, 5.41) is 7.03. The van der Waals surface area contributed by atoms with Crippen molar-refractivity contribution in [1.82, 2.24) is 15.1 Å². The zero-order valence-corrected chi connectivity index (χ0v) is 11.2. The zero-order valence-electron chi connectivity index (χ0n) is 11.2. The molecule has 1 aromatic heterocycles. The van der Waals surface area contributed by atoms with E-state index >= 15 is 0 Å². The van der Waals surface area contributed by atoms with E-state index in [9.17, 15) is 8.78 Å². The van der Waals surface area contributed by atoms with E-state index in [-0.39, 0.29) is 6.01 Å². The van der Waals surface area contributed by atoms with Crippen LogP contribution >= 0.6 is 0 Å². The number of aromatic nitrogens is 2. The number of alkyl halides is 2. The normalized spacial score (nSPS) is 24.8. The fourth-order valence-electron chi connectivity index (χ4n) is 2.66. The van der Waals surface area contributed by atoms with E-state index in [1.807, 2.05) is 4.90 Å². The number of ether oxygens (including phenoxy) is 1. The number of hydrogen-bond donors (Lipinski definition) is 0. The average molecular weight is 288 g/mol. The molecular formula is C12H18F2N4O2. The maximum absolute atomic E-state index is 12.4. The summed E-state index contributed by atoms with van der Waals surface area (Å²) in [5.74, 6) is 0.0147. The number of nitrogens with zero attached hydrogens (tertiary/aromatic N) is 4. The highest BCUT2D eigenvalue weighted by atomic mass is 19.3. The molecule has 0 N–H and O–H groups in total. The average Bonchev–Trinajstić information content (AvgIpc) is 3.10. The Kier molecular flexibility index (Phi) is 4.11. The second-order valence-corrected chi connectivity index (χ2v) is 5.24. The van der Waals surface area contributed by atoms with Crippen LogP contribution in [-0.2, 0) is 4.74 Å². The standard InChI is InChI=1S/C12H18F2N4O2/c13-10(14)11-15-16-12(20-11)18-4-2-17(3-5-18)7-9-1-6-19-8-9/h9-10H,1-8H2. The lowest BCUT2D eigenvalue weighted by atomic mass is 10.1. The first-order valence-corrected chi connectivity index (χ1v) is 6.89. The molecule has 0 bridgehead atoms. The van der Waals surface area contributed by atoms with Crippen LogP contribution in [-0.4, -0.2) is 61.0 Å². The third-order valence-electron chi connectivity index (χ3n) is 3.80. The van der Waals surface area contributed by atoms with Gasteiger partial charge in [0.1, 0.15) is 0 Å². The molecule has 0 aromatic carbocycles. The number of piperazine rings is 1. The minimum atomic E-state index is -2.71. The molecule has 1 atom stereocenters. The van der Waals surface area contributed by atoms with Crippen LogP contribution in [0.4, 0.5) is 14.8 Å². The van der Waals surface area contributed by atoms with Gasteiger partial charge in [-0.1, -0.05) is 5.10 Å². The molecule has 0 saturated carbocycles. The van der Waals surface area contributed by atoms with E-state index in [1.54, 1.807) is 0 Å². The second-order valence-electron chi connectivity index (χ2n) is 5.24. The lowest BCUT2D eigenvalue weighted by molar-refractivity contribution is 0.115. The molecule has 2 aliphatic rings. The number of hydrogen-bond acceptors (Lipinski definition) is 6. The van der Waals surface area contributed by atoms with E-state index < -0.39 is 12.3 Å². The first-order valence-electron chi connectivity index (χ1n) is 6.89. The van der Waals surface area contributed by atoms with Gasteiger partial charge in [-0.15, -0.1) is 5.10 Å². The van der Waals surface area contributed by atoms with Gasteiger partial charge in [0.15, 0.2) is 0 Å². The fraction of sp³-hybridized carbons (Fsp3) is 0.833. The van der Waals surface area contributed by atoms with Gasteiger partial charge >= 0.3 is 12.4 Å². The van der Waals surface area contributed by atoms with Crippen molar-refractivity contribution in [3.05, 3.63) is 5.89 Å². The molecule has 2 saturated heterocycles. The molecule has 8 heteroatoms. The van der Waals surface area contributed by atoms with Gasteiger partial charge in [0, 0.05) is 39.3 Å². The maximum Gasteiger partial charge on any atom is 0.318 e. The van der Waals surface area contributed by atoms with Crippen molar-refractivity contribution in [3.63, 3.8) is 0 Å². The first kappa shape index (κ1) is 13.7. The van der Waals surface area contributed by atoms with Crippen LogP contribution in [0.2, 0.25) is 0 Å². The smallest absolute Gasteiger partial charge is 0.318 e. The Hall–Kier alpha value is -1.28. The van der Waals surface area contributed by atoms with Crippen LogP contribution in [0.25, 0.3) is 0 Å². The molecule has 112 valence electrons. The van der Waals surface area contributed by atoms with Gasteiger partial charge in [-0.2, -0.15) is 8.78 Å². The summed E-state index contributed by atoms with van der Waals surface area (Å²) in [4.78, 5) is 4.24. The highest BCUT2D eigenvalue weighted by molar-refractivity contribution is 5.25. The van der Waals surface area contributed by atoms with E-state index in [2.05, 4.69) is 15.1 Å². The summed E-state index contributed by atoms with van der Waals surface area (Å²) in [5.41, 5.74) is 0. The van der Waals surface area contributed by atoms with Crippen LogP contribution in [0.15, 0.2) is 4.42 Å². The monoisotopic (exact) mass is 288 g/mol. The molecule has 3 heterocycles. The molecule has 2 fully saturated rings. The Bertz CT molecular complexity index is 429. The van der Waals surface area contributed by atoms with Crippen molar-refractivity contribution in [3.8, 4) is 0 Å². The van der Waals surface area contributed by atoms with E-state index in [4.69, 9.17) is 9.15 Å². The van der Waals surface area contributed by atoms with Gasteiger partial charge in [0.05, 0.1) is 6.61 Å². The van der Waals surface area contributed by atoms with Crippen molar-refractivity contribution in [2.24, 2.45) is 5.92 Å². The van der Waals surface area contributed by atoms with Crippen LogP contribution in [0, 0.1) is 5.92 Å². The highest BCUT2D eigenvalue weighted by Gasteiger charge is 2.26. The van der Waals surface area contributed by atoms with Gasteiger partial charge in [0.25, 0.3) is 5.89 Å². The first-order chi connectivity index (χ1) is 9.72. The minimum Gasteiger partial charge on any atom is -0.402 e. The highest BCUT2D eigenvalue weighted by Crippen LogP contribution is 2.22. The molecule has 2 aliphatic heterocycles. The number of rotatable bonds is 4. The Morgan fingerprint density at radius 2 is 2.00 bits per heavy atom. The molecule has 0 aliphatic carbocycles. The van der Waals surface area contributed by atoms with Crippen LogP contribution < -0.4 is 4.90 Å². The van der Waals surface area contributed by atoms with E-state index in [0.717, 1.165) is 52.4 Å². The predicted octanol–water partition coefficient (Wildman–Crippen LogP) is 1.17. The summed E-state index contributed by atoms with van der Waals surface area (Å²) in [6.07, 6.45) is -1.58. The van der Waals surface area contributed by atoms with Gasteiger partial charge in [-0.3, -0.25) is 4.90 Å². The van der Waals surface area contributed by atoms with Crippen molar-refractivity contribution in [1.29, 1.82) is 0 Å². The SMILES string of the molecule is FC(F)c1nnc(N2CCN(CC3CCOC3)CC2)o1. The Balaban J connectivity index is 1.49. The van der Waals surface area contributed by atoms with Crippen molar-refractivity contribution >= 4 is 6.01 Å². The lowest BCUT2D eigenvalue weighted by Gasteiger charge is -2.34. The van der Waals surface area contributed by atoms with Crippen LogP contribution in [0.3, 0.4) is 0 Å². The number of halogens is 2. The molecular weight excluding hydrogens is 270 g/mol. The van der Waals surface area contributed by atoms with Crippen molar-refractivity contribution in [2.45, 2.75) is 12.8 Å². The molecule has 0 spiro atoms. The summed E-state index contributed by atoms with van der Waals surface area (Å²) < 4.78 is 35.1. The van der Waals surface area contributed by atoms with Crippen molar-refractivity contribution in [2.75, 3.05) is 50.8 Å². The summed E-state index contributed by atoms with van der Waals surface area (Å²) in [7, 11) is 0. The Morgan fingerprint density at radius 1 is 1.20 bits per heavy atom. The minimum absolute atomic E-state index is 0.198. The fourth-order valence-corrected chi connectivity index (χ4v) is 2.66. The number of anilines is 1. The summed E-state index contributed by atoms with van der Waals surface area (Å²) in [6.45, 7) is 5.95. The topological polar surface area (TPSA) is 54.6 Å². The van der Waals surface area contributed by atoms with Gasteiger partial charge in [-0.05, 0) is 12.3 Å². The van der Waals surface area contributed by atoms with Crippen LogP contribution in [0.1, 0.15) is 18.7 Å². The molecule has 0 amide bonds. The lowest BCUT2D eigenvalue weighted by Crippen LogP contribution is -2.48. The molecule has 6 nitrogen and oxygen atoms in total. The van der Waals surface area contributed by atoms with Crippen LogP contribution in [0.5, 0.6) is 0 Å².